The summed E-state index contributed by atoms with van der Waals surface area (Å²) in [5, 5.41) is 0. The zero-order valence-corrected chi connectivity index (χ0v) is 8.76. The van der Waals surface area contributed by atoms with Gasteiger partial charge in [0.15, 0.2) is 0 Å². The SMILES string of the molecule is Cc1nc(C(=O)C(N)CC(F)(F)F)oc1C. The molecule has 0 saturated carbocycles. The quantitative estimate of drug-likeness (QED) is 0.812. The molecule has 1 unspecified atom stereocenters. The van der Waals surface area contributed by atoms with Crippen LogP contribution in [0.1, 0.15) is 28.6 Å². The molecule has 1 rings (SSSR count). The van der Waals surface area contributed by atoms with Gasteiger partial charge in [0.05, 0.1) is 18.2 Å². The normalized spacial score (nSPS) is 13.9. The number of hydrogen-bond donors (Lipinski definition) is 1. The Kier molecular flexibility index (Phi) is 3.37. The molecular formula is C9H11F3N2O2. The summed E-state index contributed by atoms with van der Waals surface area (Å²) in [7, 11) is 0. The zero-order chi connectivity index (χ0) is 12.5. The molecule has 1 aromatic heterocycles. The summed E-state index contributed by atoms with van der Waals surface area (Å²) in [6, 6.07) is -1.67. The number of carbonyl (C=O) groups excluding carboxylic acids is 1. The number of aromatic nitrogens is 1. The van der Waals surface area contributed by atoms with Crippen LogP contribution >= 0.6 is 0 Å². The summed E-state index contributed by atoms with van der Waals surface area (Å²) in [4.78, 5) is 15.1. The summed E-state index contributed by atoms with van der Waals surface area (Å²) < 4.78 is 40.9. The van der Waals surface area contributed by atoms with Gasteiger partial charge in [0.2, 0.25) is 5.78 Å². The predicted octanol–water partition coefficient (Wildman–Crippen LogP) is 1.75. The number of ketones is 1. The minimum Gasteiger partial charge on any atom is -0.439 e. The Labute approximate surface area is 89.6 Å². The molecule has 1 atom stereocenters. The molecule has 0 saturated heterocycles. The molecule has 1 heterocycles. The first-order valence-electron chi connectivity index (χ1n) is 4.51. The Balaban J connectivity index is 2.78. The fourth-order valence-electron chi connectivity index (χ4n) is 1.08. The van der Waals surface area contributed by atoms with E-state index in [0.29, 0.717) is 11.5 Å². The highest BCUT2D eigenvalue weighted by Crippen LogP contribution is 2.22. The maximum absolute atomic E-state index is 12.0. The van der Waals surface area contributed by atoms with Crippen molar-refractivity contribution in [1.82, 2.24) is 4.98 Å². The van der Waals surface area contributed by atoms with E-state index >= 15 is 0 Å². The second-order valence-corrected chi connectivity index (χ2v) is 3.45. The molecule has 0 spiro atoms. The van der Waals surface area contributed by atoms with Crippen molar-refractivity contribution in [2.75, 3.05) is 0 Å². The molecule has 0 aliphatic carbocycles. The number of Topliss-reactive ketones (excluding diaryl/α,β-unsaturated/α-hetero) is 1. The predicted molar refractivity (Wildman–Crippen MR) is 49.0 cm³/mol. The number of nitrogens with two attached hydrogens (primary N) is 1. The first-order valence-corrected chi connectivity index (χ1v) is 4.51. The van der Waals surface area contributed by atoms with E-state index < -0.39 is 24.4 Å². The number of aryl methyl sites for hydroxylation is 2. The number of carbonyl (C=O) groups is 1. The summed E-state index contributed by atoms with van der Waals surface area (Å²) in [6.07, 6.45) is -5.86. The van der Waals surface area contributed by atoms with Gasteiger partial charge in [-0.05, 0) is 13.8 Å². The van der Waals surface area contributed by atoms with Gasteiger partial charge >= 0.3 is 6.18 Å². The lowest BCUT2D eigenvalue weighted by Gasteiger charge is -2.10. The van der Waals surface area contributed by atoms with Crippen LogP contribution in [0, 0.1) is 13.8 Å². The van der Waals surface area contributed by atoms with E-state index in [2.05, 4.69) is 4.98 Å². The molecule has 1 aromatic rings. The van der Waals surface area contributed by atoms with Crippen molar-refractivity contribution in [2.24, 2.45) is 5.73 Å². The zero-order valence-electron chi connectivity index (χ0n) is 8.76. The molecule has 4 nitrogen and oxygen atoms in total. The largest absolute Gasteiger partial charge is 0.439 e. The maximum atomic E-state index is 12.0. The van der Waals surface area contributed by atoms with Crippen LogP contribution < -0.4 is 5.73 Å². The molecule has 0 aliphatic heterocycles. The van der Waals surface area contributed by atoms with Gasteiger partial charge in [0.25, 0.3) is 5.89 Å². The second-order valence-electron chi connectivity index (χ2n) is 3.45. The summed E-state index contributed by atoms with van der Waals surface area (Å²) in [6.45, 7) is 3.15. The van der Waals surface area contributed by atoms with Gasteiger partial charge in [-0.1, -0.05) is 0 Å². The third-order valence-corrected chi connectivity index (χ3v) is 2.03. The average molecular weight is 236 g/mol. The van der Waals surface area contributed by atoms with E-state index in [9.17, 15) is 18.0 Å². The van der Waals surface area contributed by atoms with Crippen LogP contribution in [0.15, 0.2) is 4.42 Å². The minimum atomic E-state index is -4.48. The van der Waals surface area contributed by atoms with Crippen molar-refractivity contribution in [3.8, 4) is 0 Å². The molecule has 7 heteroatoms. The van der Waals surface area contributed by atoms with Crippen molar-refractivity contribution in [3.63, 3.8) is 0 Å². The van der Waals surface area contributed by atoms with Crippen LogP contribution in [0.5, 0.6) is 0 Å². The number of nitrogens with zero attached hydrogens (tertiary/aromatic N) is 1. The number of alkyl halides is 3. The lowest BCUT2D eigenvalue weighted by molar-refractivity contribution is -0.136. The Morgan fingerprint density at radius 1 is 1.50 bits per heavy atom. The second kappa shape index (κ2) is 4.25. The van der Waals surface area contributed by atoms with Crippen molar-refractivity contribution in [1.29, 1.82) is 0 Å². The molecule has 0 amide bonds. The van der Waals surface area contributed by atoms with Crippen molar-refractivity contribution < 1.29 is 22.4 Å². The third kappa shape index (κ3) is 3.06. The molecule has 0 bridgehead atoms. The Morgan fingerprint density at radius 3 is 2.44 bits per heavy atom. The van der Waals surface area contributed by atoms with Crippen molar-refractivity contribution in [3.05, 3.63) is 17.3 Å². The van der Waals surface area contributed by atoms with Crippen LogP contribution in [0.4, 0.5) is 13.2 Å². The molecule has 2 N–H and O–H groups in total. The van der Waals surface area contributed by atoms with E-state index in [1.165, 1.54) is 0 Å². The number of hydrogen-bond acceptors (Lipinski definition) is 4. The van der Waals surface area contributed by atoms with Gasteiger partial charge in [-0.3, -0.25) is 4.79 Å². The molecule has 0 fully saturated rings. The minimum absolute atomic E-state index is 0.369. The van der Waals surface area contributed by atoms with Crippen LogP contribution in [0.25, 0.3) is 0 Å². The van der Waals surface area contributed by atoms with Gasteiger partial charge in [0.1, 0.15) is 5.76 Å². The van der Waals surface area contributed by atoms with E-state index in [4.69, 9.17) is 10.2 Å². The Bertz CT molecular complexity index is 378. The molecule has 0 aromatic carbocycles. The highest BCUT2D eigenvalue weighted by Gasteiger charge is 2.35. The van der Waals surface area contributed by atoms with Crippen LogP contribution in [0.2, 0.25) is 0 Å². The lowest BCUT2D eigenvalue weighted by atomic mass is 10.1. The van der Waals surface area contributed by atoms with E-state index in [0.717, 1.165) is 0 Å². The summed E-state index contributed by atoms with van der Waals surface area (Å²) >= 11 is 0. The van der Waals surface area contributed by atoms with Crippen molar-refractivity contribution in [2.45, 2.75) is 32.5 Å². The van der Waals surface area contributed by atoms with Crippen LogP contribution in [-0.2, 0) is 0 Å². The average Bonchev–Trinajstić information content (AvgIpc) is 2.43. The summed E-state index contributed by atoms with van der Waals surface area (Å²) in [5.74, 6) is -0.914. The van der Waals surface area contributed by atoms with Crippen LogP contribution in [-0.4, -0.2) is 23.0 Å². The molecule has 90 valence electrons. The van der Waals surface area contributed by atoms with Gasteiger partial charge in [-0.25, -0.2) is 4.98 Å². The molecule has 16 heavy (non-hydrogen) atoms. The highest BCUT2D eigenvalue weighted by atomic mass is 19.4. The van der Waals surface area contributed by atoms with E-state index in [1.807, 2.05) is 0 Å². The lowest BCUT2D eigenvalue weighted by Crippen LogP contribution is -2.35. The first-order chi connectivity index (χ1) is 7.20. The smallest absolute Gasteiger partial charge is 0.391 e. The molecular weight excluding hydrogens is 225 g/mol. The molecule has 0 radical (unpaired) electrons. The maximum Gasteiger partial charge on any atom is 0.391 e. The van der Waals surface area contributed by atoms with Gasteiger partial charge in [-0.2, -0.15) is 13.2 Å². The number of halogens is 3. The van der Waals surface area contributed by atoms with Crippen molar-refractivity contribution >= 4 is 5.78 Å². The van der Waals surface area contributed by atoms with Crippen LogP contribution in [0.3, 0.4) is 0 Å². The van der Waals surface area contributed by atoms with E-state index in [1.54, 1.807) is 13.8 Å². The number of oxazole rings is 1. The fourth-order valence-corrected chi connectivity index (χ4v) is 1.08. The number of rotatable bonds is 3. The summed E-state index contributed by atoms with van der Waals surface area (Å²) in [5.41, 5.74) is 5.59. The van der Waals surface area contributed by atoms with E-state index in [-0.39, 0.29) is 5.89 Å². The van der Waals surface area contributed by atoms with Gasteiger partial charge < -0.3 is 10.2 Å². The Hall–Kier alpha value is -1.37. The highest BCUT2D eigenvalue weighted by molar-refractivity contribution is 5.96. The Morgan fingerprint density at radius 2 is 2.06 bits per heavy atom. The fraction of sp³-hybridized carbons (Fsp3) is 0.556. The molecule has 0 aliphatic rings. The first kappa shape index (κ1) is 12.7. The monoisotopic (exact) mass is 236 g/mol. The van der Waals surface area contributed by atoms with Gasteiger partial charge in [-0.15, -0.1) is 0 Å². The standard InChI is InChI=1S/C9H11F3N2O2/c1-4-5(2)16-8(14-4)7(15)6(13)3-9(10,11)12/h6H,3,13H2,1-2H3. The van der Waals surface area contributed by atoms with Gasteiger partial charge in [0, 0.05) is 0 Å². The topological polar surface area (TPSA) is 69.1 Å². The third-order valence-electron chi connectivity index (χ3n) is 2.03.